The summed E-state index contributed by atoms with van der Waals surface area (Å²) in [6.45, 7) is 2.00. The quantitative estimate of drug-likeness (QED) is 0.804. The third-order valence-corrected chi connectivity index (χ3v) is 3.67. The molecule has 1 saturated heterocycles. The van der Waals surface area contributed by atoms with Crippen LogP contribution in [0.4, 0.5) is 11.4 Å². The second-order valence-electron chi connectivity index (χ2n) is 5.06. The van der Waals surface area contributed by atoms with Crippen molar-refractivity contribution in [3.8, 4) is 6.07 Å². The number of anilines is 2. The fourth-order valence-electron chi connectivity index (χ4n) is 2.52. The number of hydrogen-bond donors (Lipinski definition) is 1. The maximum absolute atomic E-state index is 9.02. The van der Waals surface area contributed by atoms with Gasteiger partial charge in [0.05, 0.1) is 16.9 Å². The lowest BCUT2D eigenvalue weighted by Crippen LogP contribution is -2.45. The molecule has 0 aromatic heterocycles. The van der Waals surface area contributed by atoms with Crippen LogP contribution in [0.3, 0.4) is 0 Å². The van der Waals surface area contributed by atoms with Crippen LogP contribution in [-0.2, 0) is 0 Å². The summed E-state index contributed by atoms with van der Waals surface area (Å²) in [5, 5.41) is 9.02. The Balaban J connectivity index is 2.24. The zero-order valence-electron chi connectivity index (χ0n) is 11.1. The lowest BCUT2D eigenvalue weighted by molar-refractivity contribution is 0.258. The number of piperidine rings is 1. The Morgan fingerprint density at radius 3 is 2.89 bits per heavy atom. The zero-order chi connectivity index (χ0) is 13.1. The Morgan fingerprint density at radius 2 is 2.22 bits per heavy atom. The van der Waals surface area contributed by atoms with E-state index in [9.17, 15) is 0 Å². The zero-order valence-corrected chi connectivity index (χ0v) is 11.1. The summed E-state index contributed by atoms with van der Waals surface area (Å²) < 4.78 is 0. The fraction of sp³-hybridized carbons (Fsp3) is 0.500. The standard InChI is InChI=1S/C14H20N4/c1-17(2)12-6-4-8-18(10-12)13-7-3-5-11(9-15)14(13)16/h3,5,7,12H,4,6,8,10,16H2,1-2H3. The van der Waals surface area contributed by atoms with Crippen LogP contribution in [0.2, 0.25) is 0 Å². The number of nitrogens with two attached hydrogens (primary N) is 1. The molecule has 4 heteroatoms. The van der Waals surface area contributed by atoms with Crippen molar-refractivity contribution < 1.29 is 0 Å². The van der Waals surface area contributed by atoms with Crippen molar-refractivity contribution in [1.82, 2.24) is 4.90 Å². The number of para-hydroxylation sites is 1. The highest BCUT2D eigenvalue weighted by Gasteiger charge is 2.23. The van der Waals surface area contributed by atoms with Crippen LogP contribution in [0, 0.1) is 11.3 Å². The van der Waals surface area contributed by atoms with Crippen LogP contribution in [0.25, 0.3) is 0 Å². The van der Waals surface area contributed by atoms with Crippen LogP contribution < -0.4 is 10.6 Å². The van der Waals surface area contributed by atoms with Crippen LogP contribution in [0.1, 0.15) is 18.4 Å². The number of rotatable bonds is 2. The Morgan fingerprint density at radius 1 is 1.44 bits per heavy atom. The van der Waals surface area contributed by atoms with Crippen molar-refractivity contribution in [3.05, 3.63) is 23.8 Å². The summed E-state index contributed by atoms with van der Waals surface area (Å²) in [5.41, 5.74) is 8.25. The molecule has 1 aliphatic heterocycles. The Kier molecular flexibility index (Phi) is 3.73. The average molecular weight is 244 g/mol. The summed E-state index contributed by atoms with van der Waals surface area (Å²) in [5.74, 6) is 0. The first-order chi connectivity index (χ1) is 8.63. The average Bonchev–Trinajstić information content (AvgIpc) is 2.39. The first-order valence-corrected chi connectivity index (χ1v) is 6.33. The maximum atomic E-state index is 9.02. The molecule has 1 fully saturated rings. The van der Waals surface area contributed by atoms with Gasteiger partial charge in [-0.1, -0.05) is 6.07 Å². The molecule has 1 aromatic rings. The van der Waals surface area contributed by atoms with Gasteiger partial charge in [-0.05, 0) is 39.1 Å². The maximum Gasteiger partial charge on any atom is 0.101 e. The van der Waals surface area contributed by atoms with Gasteiger partial charge in [0, 0.05) is 19.1 Å². The minimum atomic E-state index is 0.559. The summed E-state index contributed by atoms with van der Waals surface area (Å²) in [6.07, 6.45) is 2.39. The third-order valence-electron chi connectivity index (χ3n) is 3.67. The first-order valence-electron chi connectivity index (χ1n) is 6.33. The van der Waals surface area contributed by atoms with Gasteiger partial charge in [-0.25, -0.2) is 0 Å². The summed E-state index contributed by atoms with van der Waals surface area (Å²) >= 11 is 0. The lowest BCUT2D eigenvalue weighted by Gasteiger charge is -2.38. The van der Waals surface area contributed by atoms with Gasteiger partial charge >= 0.3 is 0 Å². The van der Waals surface area contributed by atoms with Gasteiger partial charge in [-0.15, -0.1) is 0 Å². The summed E-state index contributed by atoms with van der Waals surface area (Å²) in [7, 11) is 4.23. The van der Waals surface area contributed by atoms with E-state index in [2.05, 4.69) is 30.0 Å². The van der Waals surface area contributed by atoms with Gasteiger partial charge < -0.3 is 15.5 Å². The topological polar surface area (TPSA) is 56.3 Å². The molecule has 0 amide bonds. The van der Waals surface area contributed by atoms with Gasteiger partial charge in [-0.2, -0.15) is 5.26 Å². The van der Waals surface area contributed by atoms with Crippen molar-refractivity contribution in [2.24, 2.45) is 0 Å². The molecular formula is C14H20N4. The van der Waals surface area contributed by atoms with Gasteiger partial charge in [-0.3, -0.25) is 0 Å². The third kappa shape index (κ3) is 2.41. The Bertz CT molecular complexity index is 461. The molecule has 0 bridgehead atoms. The molecule has 1 aliphatic rings. The highest BCUT2D eigenvalue weighted by Crippen LogP contribution is 2.29. The van der Waals surface area contributed by atoms with E-state index in [-0.39, 0.29) is 0 Å². The molecule has 0 spiro atoms. The molecule has 4 nitrogen and oxygen atoms in total. The molecule has 0 saturated carbocycles. The van der Waals surface area contributed by atoms with E-state index in [1.165, 1.54) is 12.8 Å². The van der Waals surface area contributed by atoms with E-state index in [0.717, 1.165) is 18.8 Å². The summed E-state index contributed by atoms with van der Waals surface area (Å²) in [6, 6.07) is 8.39. The van der Waals surface area contributed by atoms with E-state index in [0.29, 0.717) is 17.3 Å². The normalized spacial score (nSPS) is 19.9. The van der Waals surface area contributed by atoms with E-state index < -0.39 is 0 Å². The van der Waals surface area contributed by atoms with Gasteiger partial charge in [0.1, 0.15) is 6.07 Å². The van der Waals surface area contributed by atoms with E-state index >= 15 is 0 Å². The minimum Gasteiger partial charge on any atom is -0.396 e. The molecule has 96 valence electrons. The second-order valence-corrected chi connectivity index (χ2v) is 5.06. The number of nitrogens with zero attached hydrogens (tertiary/aromatic N) is 3. The number of benzene rings is 1. The SMILES string of the molecule is CN(C)C1CCCN(c2cccc(C#N)c2N)C1. The van der Waals surface area contributed by atoms with Crippen molar-refractivity contribution in [2.75, 3.05) is 37.8 Å². The Labute approximate surface area is 109 Å². The highest BCUT2D eigenvalue weighted by atomic mass is 15.2. The molecule has 0 radical (unpaired) electrons. The summed E-state index contributed by atoms with van der Waals surface area (Å²) in [4.78, 5) is 4.56. The van der Waals surface area contributed by atoms with Crippen molar-refractivity contribution >= 4 is 11.4 Å². The van der Waals surface area contributed by atoms with Gasteiger partial charge in [0.15, 0.2) is 0 Å². The minimum absolute atomic E-state index is 0.559. The largest absolute Gasteiger partial charge is 0.396 e. The van der Waals surface area contributed by atoms with Gasteiger partial charge in [0.25, 0.3) is 0 Å². The molecule has 18 heavy (non-hydrogen) atoms. The van der Waals surface area contributed by atoms with Gasteiger partial charge in [0.2, 0.25) is 0 Å². The van der Waals surface area contributed by atoms with Crippen LogP contribution in [0.5, 0.6) is 0 Å². The predicted octanol–water partition coefficient (Wildman–Crippen LogP) is 1.67. The number of nitrogen functional groups attached to an aromatic ring is 1. The van der Waals surface area contributed by atoms with Crippen LogP contribution in [0.15, 0.2) is 18.2 Å². The Hall–Kier alpha value is -1.73. The second kappa shape index (κ2) is 5.28. The van der Waals surface area contributed by atoms with Crippen LogP contribution in [-0.4, -0.2) is 38.1 Å². The highest BCUT2D eigenvalue weighted by molar-refractivity contribution is 5.74. The van der Waals surface area contributed by atoms with E-state index in [1.54, 1.807) is 6.07 Å². The molecular weight excluding hydrogens is 224 g/mol. The number of nitriles is 1. The van der Waals surface area contributed by atoms with Crippen molar-refractivity contribution in [1.29, 1.82) is 5.26 Å². The molecule has 1 aromatic carbocycles. The molecule has 2 rings (SSSR count). The molecule has 2 N–H and O–H groups in total. The van der Waals surface area contributed by atoms with E-state index in [4.69, 9.17) is 11.0 Å². The predicted molar refractivity (Wildman–Crippen MR) is 74.5 cm³/mol. The molecule has 1 heterocycles. The lowest BCUT2D eigenvalue weighted by atomic mass is 10.0. The molecule has 1 atom stereocenters. The first kappa shape index (κ1) is 12.7. The monoisotopic (exact) mass is 244 g/mol. The van der Waals surface area contributed by atoms with Crippen molar-refractivity contribution in [2.45, 2.75) is 18.9 Å². The molecule has 0 aliphatic carbocycles. The van der Waals surface area contributed by atoms with E-state index in [1.807, 2.05) is 12.1 Å². The number of hydrogen-bond acceptors (Lipinski definition) is 4. The van der Waals surface area contributed by atoms with Crippen molar-refractivity contribution in [3.63, 3.8) is 0 Å². The number of likely N-dealkylation sites (N-methyl/N-ethyl adjacent to an activating group) is 1. The van der Waals surface area contributed by atoms with Crippen LogP contribution >= 0.6 is 0 Å². The fourth-order valence-corrected chi connectivity index (χ4v) is 2.52. The molecule has 1 unspecified atom stereocenters. The smallest absolute Gasteiger partial charge is 0.101 e.